The molecule has 0 aromatic heterocycles. The summed E-state index contributed by atoms with van der Waals surface area (Å²) in [6, 6.07) is 10.5. The zero-order valence-corrected chi connectivity index (χ0v) is 31.5. The molecule has 50 heavy (non-hydrogen) atoms. The molecule has 5 N–H and O–H groups in total. The molecule has 3 rings (SSSR count). The molecular weight excluding hydrogens is 657 g/mol. The number of unbranched alkanes of at least 4 members (excludes halogenated alkanes) is 10. The number of sulfonamides is 1. The smallest absolute Gasteiger partial charge is 0.241 e. The van der Waals surface area contributed by atoms with E-state index in [-0.39, 0.29) is 19.1 Å². The lowest BCUT2D eigenvalue weighted by molar-refractivity contribution is -0.145. The second-order valence-electron chi connectivity index (χ2n) is 14.1. The number of hydrogen-bond donors (Lipinski definition) is 5. The van der Waals surface area contributed by atoms with Gasteiger partial charge in [-0.05, 0) is 50.8 Å². The highest BCUT2D eigenvalue weighted by Crippen LogP contribution is 2.30. The first-order chi connectivity index (χ1) is 24.0. The Morgan fingerprint density at radius 3 is 2.12 bits per heavy atom. The van der Waals surface area contributed by atoms with Gasteiger partial charge in [0.1, 0.15) is 12.2 Å². The van der Waals surface area contributed by atoms with E-state index in [0.29, 0.717) is 42.9 Å². The van der Waals surface area contributed by atoms with Crippen molar-refractivity contribution in [2.75, 3.05) is 58.3 Å². The van der Waals surface area contributed by atoms with Crippen molar-refractivity contribution in [3.8, 4) is 0 Å². The van der Waals surface area contributed by atoms with Crippen LogP contribution in [-0.2, 0) is 14.8 Å². The van der Waals surface area contributed by atoms with Crippen LogP contribution in [-0.4, -0.2) is 122 Å². The highest BCUT2D eigenvalue weighted by Gasteiger charge is 2.40. The van der Waals surface area contributed by atoms with E-state index in [1.807, 2.05) is 53.1 Å². The Morgan fingerprint density at radius 1 is 0.820 bits per heavy atom. The number of aliphatic hydroxyl groups is 4. The summed E-state index contributed by atoms with van der Waals surface area (Å²) in [4.78, 5) is 19.3. The third-order valence-corrected chi connectivity index (χ3v) is 11.5. The van der Waals surface area contributed by atoms with Crippen molar-refractivity contribution in [3.63, 3.8) is 0 Å². The van der Waals surface area contributed by atoms with E-state index in [4.69, 9.17) is 0 Å². The fourth-order valence-electron chi connectivity index (χ4n) is 6.96. The standard InChI is InChI=1S/C38H64N4O7S/c1-4-5-6-7-12-23-36(45)41(26-15-10-11-16-27-42-28-34(44)38(47)37(46)33(42)29-43)25-14-9-8-13-24-39-50(48,49)35-22-18-19-30-31(35)20-17-21-32(30)40(2)3/h17-22,33-34,37-39,43-44,46-47H,4-16,23-29H2,1-3H3/t33-,34+,37+,38-/m1/s1. The van der Waals surface area contributed by atoms with E-state index in [0.717, 1.165) is 81.7 Å². The first-order valence-electron chi connectivity index (χ1n) is 18.9. The number of nitrogens with zero attached hydrogens (tertiary/aromatic N) is 3. The Hall–Kier alpha value is -2.32. The number of benzene rings is 2. The Balaban J connectivity index is 1.41. The molecule has 1 heterocycles. The van der Waals surface area contributed by atoms with Crippen LogP contribution in [0, 0.1) is 0 Å². The average molecular weight is 721 g/mol. The van der Waals surface area contributed by atoms with Crippen molar-refractivity contribution >= 4 is 32.4 Å². The minimum atomic E-state index is -3.66. The number of anilines is 1. The predicted octanol–water partition coefficient (Wildman–Crippen LogP) is 4.25. The normalized spacial score (nSPS) is 20.0. The lowest BCUT2D eigenvalue weighted by Crippen LogP contribution is -2.62. The molecule has 11 nitrogen and oxygen atoms in total. The predicted molar refractivity (Wildman–Crippen MR) is 201 cm³/mol. The van der Waals surface area contributed by atoms with Gasteiger partial charge in [-0.25, -0.2) is 13.1 Å². The third kappa shape index (κ3) is 12.7. The van der Waals surface area contributed by atoms with Crippen LogP contribution in [0.15, 0.2) is 41.3 Å². The fraction of sp³-hybridized carbons (Fsp3) is 0.711. The van der Waals surface area contributed by atoms with Gasteiger partial charge in [-0.3, -0.25) is 9.69 Å². The van der Waals surface area contributed by atoms with Gasteiger partial charge < -0.3 is 30.2 Å². The van der Waals surface area contributed by atoms with Gasteiger partial charge in [0.05, 0.1) is 23.6 Å². The maximum absolute atomic E-state index is 13.2. The van der Waals surface area contributed by atoms with E-state index in [2.05, 4.69) is 11.6 Å². The van der Waals surface area contributed by atoms with Gasteiger partial charge >= 0.3 is 0 Å². The molecule has 284 valence electrons. The Labute approximate surface area is 300 Å². The van der Waals surface area contributed by atoms with Crippen molar-refractivity contribution < 1.29 is 33.6 Å². The fourth-order valence-corrected chi connectivity index (χ4v) is 8.25. The lowest BCUT2D eigenvalue weighted by atomic mass is 9.94. The number of aliphatic hydroxyl groups excluding tert-OH is 4. The first kappa shape index (κ1) is 42.1. The average Bonchev–Trinajstić information content (AvgIpc) is 3.09. The minimum Gasteiger partial charge on any atom is -0.395 e. The molecule has 2 aromatic carbocycles. The van der Waals surface area contributed by atoms with Gasteiger partial charge in [0.2, 0.25) is 15.9 Å². The van der Waals surface area contributed by atoms with E-state index in [9.17, 15) is 33.6 Å². The van der Waals surface area contributed by atoms with Crippen LogP contribution in [0.1, 0.15) is 96.8 Å². The summed E-state index contributed by atoms with van der Waals surface area (Å²) in [6.45, 7) is 4.51. The van der Waals surface area contributed by atoms with E-state index >= 15 is 0 Å². The van der Waals surface area contributed by atoms with Gasteiger partial charge in [0, 0.05) is 63.2 Å². The van der Waals surface area contributed by atoms with E-state index in [1.165, 1.54) is 12.8 Å². The number of rotatable bonds is 24. The largest absolute Gasteiger partial charge is 0.395 e. The van der Waals surface area contributed by atoms with Crippen molar-refractivity contribution in [1.82, 2.24) is 14.5 Å². The van der Waals surface area contributed by atoms with E-state index in [1.54, 1.807) is 12.1 Å². The molecule has 0 radical (unpaired) electrons. The van der Waals surface area contributed by atoms with Crippen LogP contribution in [0.2, 0.25) is 0 Å². The Morgan fingerprint density at radius 2 is 1.44 bits per heavy atom. The summed E-state index contributed by atoms with van der Waals surface area (Å²) in [6.07, 6.45) is 9.59. The number of likely N-dealkylation sites (tertiary alicyclic amines) is 1. The summed E-state index contributed by atoms with van der Waals surface area (Å²) in [7, 11) is 0.226. The number of nitrogens with one attached hydrogen (secondary N) is 1. The molecule has 1 amide bonds. The summed E-state index contributed by atoms with van der Waals surface area (Å²) in [5.74, 6) is 0.211. The number of carbonyl (C=O) groups excluding carboxylic acids is 1. The van der Waals surface area contributed by atoms with Crippen molar-refractivity contribution in [2.45, 2.75) is 126 Å². The molecule has 0 aliphatic carbocycles. The Bertz CT molecular complexity index is 1390. The lowest BCUT2D eigenvalue weighted by Gasteiger charge is -2.43. The van der Waals surface area contributed by atoms with Crippen molar-refractivity contribution in [2.24, 2.45) is 0 Å². The SMILES string of the molecule is CCCCCCCC(=O)N(CCCCCCNS(=O)(=O)c1cccc2c(N(C)C)cccc12)CCCCCCN1C[C@H](O)[C@@H](O)[C@@H](O)[C@H]1CO. The van der Waals surface area contributed by atoms with Crippen LogP contribution in [0.3, 0.4) is 0 Å². The van der Waals surface area contributed by atoms with Crippen LogP contribution < -0.4 is 9.62 Å². The van der Waals surface area contributed by atoms with Gasteiger partial charge in [0.25, 0.3) is 0 Å². The molecule has 1 saturated heterocycles. The van der Waals surface area contributed by atoms with Gasteiger partial charge in [-0.1, -0.05) is 82.6 Å². The zero-order chi connectivity index (χ0) is 36.5. The molecule has 2 aromatic rings. The zero-order valence-electron chi connectivity index (χ0n) is 30.7. The minimum absolute atomic E-state index is 0.211. The molecule has 0 saturated carbocycles. The number of fused-ring (bicyclic) bond motifs is 1. The summed E-state index contributed by atoms with van der Waals surface area (Å²) in [5.41, 5.74) is 0.971. The quantitative estimate of drug-likeness (QED) is 0.100. The van der Waals surface area contributed by atoms with Crippen LogP contribution >= 0.6 is 0 Å². The maximum atomic E-state index is 13.2. The second kappa shape index (κ2) is 21.9. The van der Waals surface area contributed by atoms with E-state index < -0.39 is 34.4 Å². The highest BCUT2D eigenvalue weighted by atomic mass is 32.2. The van der Waals surface area contributed by atoms with Crippen LogP contribution in [0.4, 0.5) is 5.69 Å². The number of hydrogen-bond acceptors (Lipinski definition) is 9. The Kier molecular flexibility index (Phi) is 18.4. The molecule has 0 unspecified atom stereocenters. The summed E-state index contributed by atoms with van der Waals surface area (Å²) in [5, 5.41) is 41.5. The maximum Gasteiger partial charge on any atom is 0.241 e. The number of carbonyl (C=O) groups is 1. The molecule has 1 aliphatic heterocycles. The van der Waals surface area contributed by atoms with Crippen molar-refractivity contribution in [1.29, 1.82) is 0 Å². The summed E-state index contributed by atoms with van der Waals surface area (Å²) >= 11 is 0. The van der Waals surface area contributed by atoms with Gasteiger partial charge in [-0.2, -0.15) is 0 Å². The monoisotopic (exact) mass is 720 g/mol. The number of β-amino-alcohol motifs (C(OH)–C–C–N with tert-alkyl or cyclic N) is 1. The third-order valence-electron chi connectivity index (χ3n) is 9.96. The molecular formula is C38H64N4O7S. The molecule has 12 heteroatoms. The molecule has 1 fully saturated rings. The van der Waals surface area contributed by atoms with Crippen LogP contribution in [0.5, 0.6) is 0 Å². The number of amides is 1. The first-order valence-corrected chi connectivity index (χ1v) is 20.4. The molecule has 1 aliphatic rings. The topological polar surface area (TPSA) is 154 Å². The van der Waals surface area contributed by atoms with Crippen LogP contribution in [0.25, 0.3) is 10.8 Å². The van der Waals surface area contributed by atoms with Gasteiger partial charge in [0.15, 0.2) is 0 Å². The summed E-state index contributed by atoms with van der Waals surface area (Å²) < 4.78 is 29.2. The number of piperidine rings is 1. The molecule has 4 atom stereocenters. The molecule has 0 spiro atoms. The van der Waals surface area contributed by atoms with Crippen molar-refractivity contribution in [3.05, 3.63) is 36.4 Å². The van der Waals surface area contributed by atoms with Gasteiger partial charge in [-0.15, -0.1) is 0 Å². The highest BCUT2D eigenvalue weighted by molar-refractivity contribution is 7.89. The second-order valence-corrected chi connectivity index (χ2v) is 15.8. The molecule has 0 bridgehead atoms.